The predicted octanol–water partition coefficient (Wildman–Crippen LogP) is 2.74. The van der Waals surface area contributed by atoms with Crippen molar-refractivity contribution in [1.82, 2.24) is 5.32 Å². The zero-order valence-corrected chi connectivity index (χ0v) is 14.0. The number of benzene rings is 1. The molecule has 1 atom stereocenters. The molecule has 0 aliphatic heterocycles. The number of halogens is 2. The number of rotatable bonds is 5. The van der Waals surface area contributed by atoms with Crippen LogP contribution in [0.5, 0.6) is 0 Å². The molecule has 1 rings (SSSR count). The van der Waals surface area contributed by atoms with Crippen LogP contribution in [0.2, 0.25) is 0 Å². The summed E-state index contributed by atoms with van der Waals surface area (Å²) in [5.41, 5.74) is 1.59. The number of carbonyl (C=O) groups excluding carboxylic acids is 1. The third-order valence-corrected chi connectivity index (χ3v) is 3.68. The van der Waals surface area contributed by atoms with E-state index < -0.39 is 18.1 Å². The van der Waals surface area contributed by atoms with E-state index >= 15 is 0 Å². The van der Waals surface area contributed by atoms with Crippen LogP contribution in [0.1, 0.15) is 5.56 Å². The second-order valence-electron chi connectivity index (χ2n) is 4.00. The molecule has 0 bridgehead atoms. The molecule has 0 aliphatic rings. The zero-order chi connectivity index (χ0) is 15.3. The number of nitrogens with one attached hydrogen (secondary N) is 2. The Hall–Kier alpha value is -1.12. The van der Waals surface area contributed by atoms with Crippen molar-refractivity contribution in [3.8, 4) is 0 Å². The number of methoxy groups -OCH3 is 1. The van der Waals surface area contributed by atoms with Crippen LogP contribution in [0.15, 0.2) is 21.1 Å². The summed E-state index contributed by atoms with van der Waals surface area (Å²) in [7, 11) is 1.27. The Morgan fingerprint density at radius 3 is 2.35 bits per heavy atom. The number of carboxylic acids is 1. The summed E-state index contributed by atoms with van der Waals surface area (Å²) < 4.78 is 6.16. The zero-order valence-electron chi connectivity index (χ0n) is 10.9. The molecule has 20 heavy (non-hydrogen) atoms. The van der Waals surface area contributed by atoms with E-state index in [1.165, 1.54) is 7.11 Å². The van der Waals surface area contributed by atoms with Gasteiger partial charge < -0.3 is 20.5 Å². The summed E-state index contributed by atoms with van der Waals surface area (Å²) >= 11 is 6.70. The first-order valence-corrected chi connectivity index (χ1v) is 7.19. The van der Waals surface area contributed by atoms with E-state index in [1.54, 1.807) is 0 Å². The molecule has 0 fully saturated rings. The van der Waals surface area contributed by atoms with E-state index in [9.17, 15) is 9.59 Å². The number of carbonyl (C=O) groups is 2. The molecule has 0 radical (unpaired) electrons. The van der Waals surface area contributed by atoms with Crippen LogP contribution in [0.25, 0.3) is 0 Å². The van der Waals surface area contributed by atoms with E-state index in [0.717, 1.165) is 14.5 Å². The summed E-state index contributed by atoms with van der Waals surface area (Å²) in [5, 5.41) is 13.8. The van der Waals surface area contributed by atoms with Gasteiger partial charge in [-0.25, -0.2) is 9.59 Å². The molecule has 8 heteroatoms. The second kappa shape index (κ2) is 7.61. The number of ether oxygens (including phenoxy) is 1. The van der Waals surface area contributed by atoms with Crippen LogP contribution >= 0.6 is 31.9 Å². The lowest BCUT2D eigenvalue weighted by Gasteiger charge is -2.14. The topological polar surface area (TPSA) is 87.7 Å². The van der Waals surface area contributed by atoms with Gasteiger partial charge >= 0.3 is 12.0 Å². The predicted molar refractivity (Wildman–Crippen MR) is 82.0 cm³/mol. The number of anilines is 1. The van der Waals surface area contributed by atoms with Crippen molar-refractivity contribution in [3.05, 3.63) is 26.6 Å². The Morgan fingerprint density at radius 1 is 1.35 bits per heavy atom. The van der Waals surface area contributed by atoms with Crippen molar-refractivity contribution in [1.29, 1.82) is 0 Å². The Morgan fingerprint density at radius 2 is 1.90 bits per heavy atom. The van der Waals surface area contributed by atoms with Gasteiger partial charge in [-0.05, 0) is 56.5 Å². The molecular weight excluding hydrogens is 396 g/mol. The number of amides is 2. The first-order chi connectivity index (χ1) is 9.35. The number of hydrogen-bond donors (Lipinski definition) is 3. The first kappa shape index (κ1) is 16.9. The minimum Gasteiger partial charge on any atom is -0.479 e. The molecule has 110 valence electrons. The second-order valence-corrected chi connectivity index (χ2v) is 5.71. The van der Waals surface area contributed by atoms with E-state index in [-0.39, 0.29) is 6.54 Å². The van der Waals surface area contributed by atoms with Gasteiger partial charge in [-0.2, -0.15) is 0 Å². The summed E-state index contributed by atoms with van der Waals surface area (Å²) in [4.78, 5) is 22.5. The molecule has 0 heterocycles. The van der Waals surface area contributed by atoms with Gasteiger partial charge in [0.05, 0.1) is 12.2 Å². The average molecular weight is 410 g/mol. The molecule has 0 saturated carbocycles. The average Bonchev–Trinajstić information content (AvgIpc) is 2.34. The number of aryl methyl sites for hydroxylation is 1. The number of urea groups is 1. The SMILES string of the molecule is COC(CNC(=O)Nc1c(Br)cc(C)cc1Br)C(=O)O. The minimum atomic E-state index is -1.13. The van der Waals surface area contributed by atoms with Crippen molar-refractivity contribution in [2.24, 2.45) is 0 Å². The minimum absolute atomic E-state index is 0.126. The maximum atomic E-state index is 11.7. The molecule has 0 aromatic heterocycles. The molecular formula is C12H14Br2N2O4. The Balaban J connectivity index is 2.66. The molecule has 0 aliphatic carbocycles. The summed E-state index contributed by atoms with van der Waals surface area (Å²) in [6, 6.07) is 3.20. The van der Waals surface area contributed by atoms with Gasteiger partial charge in [0.25, 0.3) is 0 Å². The molecule has 1 unspecified atom stereocenters. The van der Waals surface area contributed by atoms with E-state index in [2.05, 4.69) is 42.5 Å². The monoisotopic (exact) mass is 408 g/mol. The van der Waals surface area contributed by atoms with Crippen LogP contribution in [0.4, 0.5) is 10.5 Å². The van der Waals surface area contributed by atoms with E-state index in [1.807, 2.05) is 19.1 Å². The largest absolute Gasteiger partial charge is 0.479 e. The van der Waals surface area contributed by atoms with Crippen molar-refractivity contribution >= 4 is 49.5 Å². The van der Waals surface area contributed by atoms with Crippen molar-refractivity contribution in [2.75, 3.05) is 19.0 Å². The molecule has 6 nitrogen and oxygen atoms in total. The third kappa shape index (κ3) is 4.77. The lowest BCUT2D eigenvalue weighted by molar-refractivity contribution is -0.147. The smallest absolute Gasteiger partial charge is 0.334 e. The molecule has 1 aromatic rings. The van der Waals surface area contributed by atoms with Crippen LogP contribution in [-0.2, 0) is 9.53 Å². The standard InChI is InChI=1S/C12H14Br2N2O4/c1-6-3-7(13)10(8(14)4-6)16-12(19)15-5-9(20-2)11(17)18/h3-4,9H,5H2,1-2H3,(H,17,18)(H2,15,16,19). The van der Waals surface area contributed by atoms with Crippen LogP contribution in [0.3, 0.4) is 0 Å². The third-order valence-electron chi connectivity index (χ3n) is 2.43. The highest BCUT2D eigenvalue weighted by atomic mass is 79.9. The normalized spacial score (nSPS) is 11.8. The number of aliphatic carboxylic acids is 1. The fourth-order valence-corrected chi connectivity index (χ4v) is 3.05. The maximum absolute atomic E-state index is 11.7. The summed E-state index contributed by atoms with van der Waals surface area (Å²) in [6.45, 7) is 1.80. The van der Waals surface area contributed by atoms with Crippen molar-refractivity contribution in [3.63, 3.8) is 0 Å². The summed E-state index contributed by atoms with van der Waals surface area (Å²) in [5.74, 6) is -1.13. The Bertz CT molecular complexity index is 499. The van der Waals surface area contributed by atoms with Gasteiger partial charge in [-0.1, -0.05) is 0 Å². The van der Waals surface area contributed by atoms with Gasteiger partial charge in [0.1, 0.15) is 0 Å². The number of carboxylic acid groups (broad SMARTS) is 1. The Labute approximate surface area is 133 Å². The van der Waals surface area contributed by atoms with Gasteiger partial charge in [-0.15, -0.1) is 0 Å². The highest BCUT2D eigenvalue weighted by Crippen LogP contribution is 2.32. The van der Waals surface area contributed by atoms with E-state index in [0.29, 0.717) is 5.69 Å². The van der Waals surface area contributed by atoms with Gasteiger partial charge in [0.2, 0.25) is 0 Å². The lowest BCUT2D eigenvalue weighted by Crippen LogP contribution is -2.39. The molecule has 3 N–H and O–H groups in total. The van der Waals surface area contributed by atoms with Gasteiger partial charge in [0.15, 0.2) is 6.10 Å². The first-order valence-electron chi connectivity index (χ1n) is 5.61. The van der Waals surface area contributed by atoms with Gasteiger partial charge in [0, 0.05) is 16.1 Å². The van der Waals surface area contributed by atoms with Crippen molar-refractivity contribution in [2.45, 2.75) is 13.0 Å². The van der Waals surface area contributed by atoms with Crippen LogP contribution < -0.4 is 10.6 Å². The van der Waals surface area contributed by atoms with E-state index in [4.69, 9.17) is 9.84 Å². The fraction of sp³-hybridized carbons (Fsp3) is 0.333. The molecule has 0 spiro atoms. The fourth-order valence-electron chi connectivity index (χ4n) is 1.43. The van der Waals surface area contributed by atoms with Crippen molar-refractivity contribution < 1.29 is 19.4 Å². The highest BCUT2D eigenvalue weighted by molar-refractivity contribution is 9.11. The molecule has 0 saturated heterocycles. The lowest BCUT2D eigenvalue weighted by atomic mass is 10.2. The van der Waals surface area contributed by atoms with Gasteiger partial charge in [-0.3, -0.25) is 0 Å². The maximum Gasteiger partial charge on any atom is 0.334 e. The molecule has 2 amide bonds. The Kier molecular flexibility index (Phi) is 6.44. The quantitative estimate of drug-likeness (QED) is 0.697. The van der Waals surface area contributed by atoms with Crippen LogP contribution in [0, 0.1) is 6.92 Å². The number of hydrogen-bond acceptors (Lipinski definition) is 3. The summed E-state index contributed by atoms with van der Waals surface area (Å²) in [6.07, 6.45) is -1.08. The highest BCUT2D eigenvalue weighted by Gasteiger charge is 2.17. The molecule has 1 aromatic carbocycles. The van der Waals surface area contributed by atoms with Crippen LogP contribution in [-0.4, -0.2) is 36.9 Å².